The van der Waals surface area contributed by atoms with Gasteiger partial charge in [-0.2, -0.15) is 4.31 Å². The van der Waals surface area contributed by atoms with Gasteiger partial charge in [0, 0.05) is 12.6 Å². The average molecular weight is 395 g/mol. The van der Waals surface area contributed by atoms with Crippen molar-refractivity contribution in [1.29, 1.82) is 0 Å². The lowest BCUT2D eigenvalue weighted by Gasteiger charge is -2.29. The van der Waals surface area contributed by atoms with Crippen molar-refractivity contribution in [2.45, 2.75) is 17.0 Å². The van der Waals surface area contributed by atoms with Gasteiger partial charge in [-0.25, -0.2) is 16.8 Å². The summed E-state index contributed by atoms with van der Waals surface area (Å²) in [5, 5.41) is 19.3. The summed E-state index contributed by atoms with van der Waals surface area (Å²) in [6, 6.07) is 2.90. The van der Waals surface area contributed by atoms with Crippen LogP contribution in [0.5, 0.6) is 11.5 Å². The SMILES string of the molecule is COc1ccc(S(=O)(=O)N(CCO)[C@H]2CS(=O)(=O)C[C@H]2O)c(OC)c1. The molecule has 0 spiro atoms. The molecule has 1 aliphatic rings. The van der Waals surface area contributed by atoms with E-state index < -0.39 is 50.1 Å². The summed E-state index contributed by atoms with van der Waals surface area (Å²) in [7, 11) is -5.09. The molecule has 0 bridgehead atoms. The lowest BCUT2D eigenvalue weighted by molar-refractivity contribution is 0.117. The van der Waals surface area contributed by atoms with Gasteiger partial charge in [-0.05, 0) is 12.1 Å². The van der Waals surface area contributed by atoms with Crippen molar-refractivity contribution in [1.82, 2.24) is 4.31 Å². The lowest BCUT2D eigenvalue weighted by Crippen LogP contribution is -2.47. The number of aliphatic hydroxyl groups excluding tert-OH is 2. The Morgan fingerprint density at radius 2 is 1.92 bits per heavy atom. The van der Waals surface area contributed by atoms with Crippen LogP contribution in [0.25, 0.3) is 0 Å². The molecule has 9 nitrogen and oxygen atoms in total. The van der Waals surface area contributed by atoms with Crippen LogP contribution in [-0.4, -0.2) is 82.4 Å². The maximum atomic E-state index is 13.0. The zero-order chi connectivity index (χ0) is 18.8. The van der Waals surface area contributed by atoms with Crippen molar-refractivity contribution in [3.63, 3.8) is 0 Å². The number of hydrogen-bond acceptors (Lipinski definition) is 8. The Bertz CT molecular complexity index is 821. The van der Waals surface area contributed by atoms with Crippen molar-refractivity contribution >= 4 is 19.9 Å². The first kappa shape index (κ1) is 19.9. The number of ether oxygens (including phenoxy) is 2. The zero-order valence-corrected chi connectivity index (χ0v) is 15.5. The van der Waals surface area contributed by atoms with E-state index in [1.54, 1.807) is 0 Å². The van der Waals surface area contributed by atoms with Crippen LogP contribution in [0.2, 0.25) is 0 Å². The minimum absolute atomic E-state index is 0.0117. The van der Waals surface area contributed by atoms with Crippen LogP contribution in [0, 0.1) is 0 Å². The molecule has 1 saturated heterocycles. The molecule has 0 aromatic heterocycles. The summed E-state index contributed by atoms with van der Waals surface area (Å²) in [4.78, 5) is -0.208. The highest BCUT2D eigenvalue weighted by molar-refractivity contribution is 7.92. The van der Waals surface area contributed by atoms with Crippen molar-refractivity contribution in [2.75, 3.05) is 38.9 Å². The maximum absolute atomic E-state index is 13.0. The molecule has 0 amide bonds. The van der Waals surface area contributed by atoms with Crippen molar-refractivity contribution < 1.29 is 36.5 Å². The van der Waals surface area contributed by atoms with E-state index in [4.69, 9.17) is 9.47 Å². The second-order valence-electron chi connectivity index (χ2n) is 5.57. The summed E-state index contributed by atoms with van der Waals surface area (Å²) in [5.41, 5.74) is 0. The molecule has 1 aliphatic heterocycles. The number of nitrogens with zero attached hydrogens (tertiary/aromatic N) is 1. The maximum Gasteiger partial charge on any atom is 0.247 e. The minimum Gasteiger partial charge on any atom is -0.497 e. The van der Waals surface area contributed by atoms with Crippen LogP contribution < -0.4 is 9.47 Å². The molecule has 0 unspecified atom stereocenters. The molecule has 1 fully saturated rings. The minimum atomic E-state index is -4.23. The molecule has 2 N–H and O–H groups in total. The van der Waals surface area contributed by atoms with Gasteiger partial charge in [-0.15, -0.1) is 0 Å². The number of aliphatic hydroxyl groups is 2. The zero-order valence-electron chi connectivity index (χ0n) is 13.8. The standard InChI is InChI=1S/C14H21NO8S2/c1-22-10-3-4-14(13(7-10)23-2)25(20,21)15(5-6-16)11-8-24(18,19)9-12(11)17/h3-4,7,11-12,16-17H,5-6,8-9H2,1-2H3/t11-,12+/m0/s1. The number of benzene rings is 1. The van der Waals surface area contributed by atoms with E-state index in [0.717, 1.165) is 4.31 Å². The normalized spacial score (nSPS) is 22.9. The number of sulfone groups is 1. The Morgan fingerprint density at radius 1 is 1.24 bits per heavy atom. The van der Waals surface area contributed by atoms with Gasteiger partial charge in [0.15, 0.2) is 9.84 Å². The van der Waals surface area contributed by atoms with Crippen molar-refractivity contribution in [2.24, 2.45) is 0 Å². The summed E-state index contributed by atoms with van der Waals surface area (Å²) < 4.78 is 60.5. The van der Waals surface area contributed by atoms with E-state index in [-0.39, 0.29) is 17.2 Å². The fourth-order valence-electron chi connectivity index (χ4n) is 2.76. The third-order valence-corrected chi connectivity index (χ3v) is 7.60. The first-order valence-electron chi connectivity index (χ1n) is 7.39. The number of methoxy groups -OCH3 is 2. The molecule has 0 aliphatic carbocycles. The Labute approximate surface area is 146 Å². The number of sulfonamides is 1. The van der Waals surface area contributed by atoms with Crippen LogP contribution >= 0.6 is 0 Å². The topological polar surface area (TPSA) is 130 Å². The molecule has 1 aromatic carbocycles. The highest BCUT2D eigenvalue weighted by Gasteiger charge is 2.45. The van der Waals surface area contributed by atoms with E-state index in [9.17, 15) is 27.0 Å². The van der Waals surface area contributed by atoms with E-state index in [1.807, 2.05) is 0 Å². The van der Waals surface area contributed by atoms with Crippen LogP contribution in [0.3, 0.4) is 0 Å². The van der Waals surface area contributed by atoms with Gasteiger partial charge in [-0.3, -0.25) is 0 Å². The van der Waals surface area contributed by atoms with E-state index in [0.29, 0.717) is 5.75 Å². The Hall–Kier alpha value is -1.40. The van der Waals surface area contributed by atoms with Gasteiger partial charge in [-0.1, -0.05) is 0 Å². The smallest absolute Gasteiger partial charge is 0.247 e. The van der Waals surface area contributed by atoms with Gasteiger partial charge in [0.1, 0.15) is 16.4 Å². The lowest BCUT2D eigenvalue weighted by atomic mass is 10.2. The van der Waals surface area contributed by atoms with Crippen molar-refractivity contribution in [3.05, 3.63) is 18.2 Å². The van der Waals surface area contributed by atoms with Crippen LogP contribution in [0.4, 0.5) is 0 Å². The number of rotatable bonds is 7. The van der Waals surface area contributed by atoms with Crippen LogP contribution in [0.1, 0.15) is 0 Å². The third kappa shape index (κ3) is 4.06. The second kappa shape index (κ2) is 7.46. The summed E-state index contributed by atoms with van der Waals surface area (Å²) in [6.07, 6.45) is -1.37. The quantitative estimate of drug-likeness (QED) is 0.591. The molecule has 2 rings (SSSR count). The first-order valence-corrected chi connectivity index (χ1v) is 10.7. The molecule has 1 aromatic rings. The Morgan fingerprint density at radius 3 is 2.40 bits per heavy atom. The largest absolute Gasteiger partial charge is 0.497 e. The fraction of sp³-hybridized carbons (Fsp3) is 0.571. The van der Waals surface area contributed by atoms with Crippen LogP contribution in [0.15, 0.2) is 23.1 Å². The van der Waals surface area contributed by atoms with Gasteiger partial charge in [0.25, 0.3) is 0 Å². The molecular formula is C14H21NO8S2. The molecule has 11 heteroatoms. The molecule has 142 valence electrons. The predicted molar refractivity (Wildman–Crippen MR) is 89.0 cm³/mol. The molecule has 1 heterocycles. The predicted octanol–water partition coefficient (Wildman–Crippen LogP) is -1.16. The van der Waals surface area contributed by atoms with Crippen LogP contribution in [-0.2, 0) is 19.9 Å². The summed E-state index contributed by atoms with van der Waals surface area (Å²) in [5.74, 6) is -0.633. The van der Waals surface area contributed by atoms with E-state index >= 15 is 0 Å². The summed E-state index contributed by atoms with van der Waals surface area (Å²) in [6.45, 7) is -0.879. The van der Waals surface area contributed by atoms with Gasteiger partial charge >= 0.3 is 0 Å². The van der Waals surface area contributed by atoms with Gasteiger partial charge in [0.2, 0.25) is 10.0 Å². The van der Waals surface area contributed by atoms with Gasteiger partial charge in [0.05, 0.1) is 44.5 Å². The third-order valence-electron chi connectivity index (χ3n) is 3.94. The molecular weight excluding hydrogens is 374 g/mol. The first-order chi connectivity index (χ1) is 11.7. The average Bonchev–Trinajstić information content (AvgIpc) is 2.83. The van der Waals surface area contributed by atoms with E-state index in [2.05, 4.69) is 0 Å². The molecule has 0 saturated carbocycles. The highest BCUT2D eigenvalue weighted by Crippen LogP contribution is 2.33. The Kier molecular flexibility index (Phi) is 5.94. The van der Waals surface area contributed by atoms with Gasteiger partial charge < -0.3 is 19.7 Å². The summed E-state index contributed by atoms with van der Waals surface area (Å²) >= 11 is 0. The molecule has 0 radical (unpaired) electrons. The second-order valence-corrected chi connectivity index (χ2v) is 9.58. The van der Waals surface area contributed by atoms with Crippen molar-refractivity contribution in [3.8, 4) is 11.5 Å². The fourth-order valence-corrected chi connectivity index (χ4v) is 6.44. The molecule has 2 atom stereocenters. The Balaban J connectivity index is 2.50. The monoisotopic (exact) mass is 395 g/mol. The molecule has 25 heavy (non-hydrogen) atoms. The highest BCUT2D eigenvalue weighted by atomic mass is 32.2. The number of hydrogen-bond donors (Lipinski definition) is 2. The van der Waals surface area contributed by atoms with E-state index in [1.165, 1.54) is 32.4 Å².